The first kappa shape index (κ1) is 15.5. The van der Waals surface area contributed by atoms with Gasteiger partial charge < -0.3 is 10.6 Å². The van der Waals surface area contributed by atoms with Crippen molar-refractivity contribution in [3.8, 4) is 11.8 Å². The summed E-state index contributed by atoms with van der Waals surface area (Å²) in [5.41, 5.74) is 6.04. The van der Waals surface area contributed by atoms with Crippen molar-refractivity contribution in [2.75, 3.05) is 13.1 Å². The summed E-state index contributed by atoms with van der Waals surface area (Å²) in [6.45, 7) is 5.07. The molecule has 4 heteroatoms. The Kier molecular flexibility index (Phi) is 4.98. The average Bonchev–Trinajstić information content (AvgIpc) is 2.48. The molecular weight excluding hydrogens is 267 g/mol. The monoisotopic (exact) mass is 288 g/mol. The highest BCUT2D eigenvalue weighted by atomic mass is 19.1. The molecule has 21 heavy (non-hydrogen) atoms. The average molecular weight is 288 g/mol. The molecule has 0 radical (unpaired) electrons. The van der Waals surface area contributed by atoms with Crippen LogP contribution in [0.4, 0.5) is 4.39 Å². The normalized spacial score (nSPS) is 21.6. The van der Waals surface area contributed by atoms with Crippen LogP contribution in [0.5, 0.6) is 0 Å². The summed E-state index contributed by atoms with van der Waals surface area (Å²) in [4.78, 5) is 14.4. The van der Waals surface area contributed by atoms with Crippen LogP contribution in [0.1, 0.15) is 42.6 Å². The molecule has 0 bridgehead atoms. The number of carbonyl (C=O) groups excluding carboxylic acids is 1. The topological polar surface area (TPSA) is 46.3 Å². The highest BCUT2D eigenvalue weighted by Gasteiger charge is 2.30. The molecule has 0 saturated carbocycles. The van der Waals surface area contributed by atoms with Gasteiger partial charge in [0.25, 0.3) is 5.91 Å². The van der Waals surface area contributed by atoms with Crippen molar-refractivity contribution in [3.05, 3.63) is 35.1 Å². The summed E-state index contributed by atoms with van der Waals surface area (Å²) in [6, 6.07) is 4.51. The molecule has 112 valence electrons. The molecule has 1 aromatic carbocycles. The Balaban J connectivity index is 2.29. The van der Waals surface area contributed by atoms with Crippen molar-refractivity contribution in [1.82, 2.24) is 4.90 Å². The molecule has 2 N–H and O–H groups in total. The predicted molar refractivity (Wildman–Crippen MR) is 81.2 cm³/mol. The lowest BCUT2D eigenvalue weighted by Gasteiger charge is -2.38. The van der Waals surface area contributed by atoms with Gasteiger partial charge in [-0.2, -0.15) is 0 Å². The number of likely N-dealkylation sites (tertiary alicyclic amines) is 1. The fourth-order valence-electron chi connectivity index (χ4n) is 2.70. The van der Waals surface area contributed by atoms with E-state index < -0.39 is 5.82 Å². The summed E-state index contributed by atoms with van der Waals surface area (Å²) in [6.07, 6.45) is 2.07. The molecule has 1 saturated heterocycles. The quantitative estimate of drug-likeness (QED) is 0.807. The third-order valence-electron chi connectivity index (χ3n) is 4.17. The maximum Gasteiger partial charge on any atom is 0.257 e. The van der Waals surface area contributed by atoms with E-state index in [4.69, 9.17) is 5.73 Å². The summed E-state index contributed by atoms with van der Waals surface area (Å²) in [5, 5.41) is 0. The van der Waals surface area contributed by atoms with Crippen LogP contribution in [-0.4, -0.2) is 29.9 Å². The van der Waals surface area contributed by atoms with Crippen molar-refractivity contribution >= 4 is 5.91 Å². The lowest BCUT2D eigenvalue weighted by atomic mass is 9.91. The molecule has 0 spiro atoms. The molecule has 1 aliphatic rings. The number of carbonyl (C=O) groups is 1. The number of benzene rings is 1. The van der Waals surface area contributed by atoms with Crippen LogP contribution < -0.4 is 5.73 Å². The van der Waals surface area contributed by atoms with E-state index in [-0.39, 0.29) is 24.1 Å². The van der Waals surface area contributed by atoms with E-state index in [9.17, 15) is 9.18 Å². The lowest BCUT2D eigenvalue weighted by Crippen LogP contribution is -2.46. The Morgan fingerprint density at radius 3 is 2.95 bits per heavy atom. The van der Waals surface area contributed by atoms with Gasteiger partial charge in [-0.1, -0.05) is 18.8 Å². The van der Waals surface area contributed by atoms with Gasteiger partial charge in [0.2, 0.25) is 0 Å². The van der Waals surface area contributed by atoms with E-state index in [1.54, 1.807) is 11.0 Å². The van der Waals surface area contributed by atoms with E-state index in [2.05, 4.69) is 18.8 Å². The Hall–Kier alpha value is -1.86. The number of hydrogen-bond acceptors (Lipinski definition) is 2. The molecule has 2 unspecified atom stereocenters. The number of amides is 1. The first-order chi connectivity index (χ1) is 10.0. The van der Waals surface area contributed by atoms with Crippen LogP contribution in [0.3, 0.4) is 0 Å². The minimum atomic E-state index is -0.497. The van der Waals surface area contributed by atoms with Gasteiger partial charge in [-0.25, -0.2) is 4.39 Å². The van der Waals surface area contributed by atoms with Crippen molar-refractivity contribution in [3.63, 3.8) is 0 Å². The zero-order valence-corrected chi connectivity index (χ0v) is 12.5. The van der Waals surface area contributed by atoms with E-state index >= 15 is 0 Å². The molecule has 1 aromatic rings. The van der Waals surface area contributed by atoms with Crippen molar-refractivity contribution in [2.24, 2.45) is 11.7 Å². The highest BCUT2D eigenvalue weighted by Crippen LogP contribution is 2.25. The Bertz CT molecular complexity index is 588. The Labute approximate surface area is 125 Å². The summed E-state index contributed by atoms with van der Waals surface area (Å²) >= 11 is 0. The SMILES string of the molecule is CC1CCCN(C(=O)c2cc(C#CCN)ccc2F)C1C. The molecule has 2 rings (SSSR count). The Morgan fingerprint density at radius 2 is 2.24 bits per heavy atom. The zero-order chi connectivity index (χ0) is 15.4. The van der Waals surface area contributed by atoms with Crippen molar-refractivity contribution in [2.45, 2.75) is 32.7 Å². The number of nitrogens with zero attached hydrogens (tertiary/aromatic N) is 1. The number of halogens is 1. The second-order valence-electron chi connectivity index (χ2n) is 5.56. The molecule has 0 aromatic heterocycles. The van der Waals surface area contributed by atoms with E-state index in [1.165, 1.54) is 12.1 Å². The number of hydrogen-bond donors (Lipinski definition) is 1. The maximum atomic E-state index is 14.0. The fourth-order valence-corrected chi connectivity index (χ4v) is 2.70. The maximum absolute atomic E-state index is 14.0. The van der Waals surface area contributed by atoms with Crippen molar-refractivity contribution in [1.29, 1.82) is 0 Å². The van der Waals surface area contributed by atoms with Crippen LogP contribution in [0.15, 0.2) is 18.2 Å². The molecule has 3 nitrogen and oxygen atoms in total. The zero-order valence-electron chi connectivity index (χ0n) is 12.5. The van der Waals surface area contributed by atoms with Gasteiger partial charge in [0, 0.05) is 18.2 Å². The third kappa shape index (κ3) is 3.43. The van der Waals surface area contributed by atoms with Gasteiger partial charge in [0.15, 0.2) is 0 Å². The molecule has 2 atom stereocenters. The van der Waals surface area contributed by atoms with E-state index in [0.717, 1.165) is 12.8 Å². The molecule has 1 aliphatic heterocycles. The van der Waals surface area contributed by atoms with Gasteiger partial charge in [-0.3, -0.25) is 4.79 Å². The second-order valence-corrected chi connectivity index (χ2v) is 5.56. The lowest BCUT2D eigenvalue weighted by molar-refractivity contribution is 0.0546. The molecular formula is C17H21FN2O. The molecule has 1 fully saturated rings. The minimum Gasteiger partial charge on any atom is -0.336 e. The van der Waals surface area contributed by atoms with E-state index in [0.29, 0.717) is 18.0 Å². The van der Waals surface area contributed by atoms with Gasteiger partial charge in [0.1, 0.15) is 5.82 Å². The molecule has 1 amide bonds. The van der Waals surface area contributed by atoms with Crippen LogP contribution in [0.2, 0.25) is 0 Å². The van der Waals surface area contributed by atoms with Gasteiger partial charge in [-0.15, -0.1) is 0 Å². The van der Waals surface area contributed by atoms with Crippen LogP contribution in [-0.2, 0) is 0 Å². The summed E-state index contributed by atoms with van der Waals surface area (Å²) < 4.78 is 14.0. The third-order valence-corrected chi connectivity index (χ3v) is 4.17. The van der Waals surface area contributed by atoms with Gasteiger partial charge >= 0.3 is 0 Å². The first-order valence-corrected chi connectivity index (χ1v) is 7.34. The van der Waals surface area contributed by atoms with Crippen LogP contribution >= 0.6 is 0 Å². The predicted octanol–water partition coefficient (Wildman–Crippen LogP) is 2.40. The van der Waals surface area contributed by atoms with Crippen LogP contribution in [0.25, 0.3) is 0 Å². The van der Waals surface area contributed by atoms with Crippen molar-refractivity contribution < 1.29 is 9.18 Å². The first-order valence-electron chi connectivity index (χ1n) is 7.34. The summed E-state index contributed by atoms with van der Waals surface area (Å²) in [7, 11) is 0. The van der Waals surface area contributed by atoms with E-state index in [1.807, 2.05) is 6.92 Å². The fraction of sp³-hybridized carbons (Fsp3) is 0.471. The van der Waals surface area contributed by atoms with Gasteiger partial charge in [0.05, 0.1) is 12.1 Å². The largest absolute Gasteiger partial charge is 0.336 e. The smallest absolute Gasteiger partial charge is 0.257 e. The standard InChI is InChI=1S/C17H21FN2O/c1-12-5-4-10-20(13(12)2)17(21)15-11-14(6-3-9-19)7-8-16(15)18/h7-8,11-13H,4-5,9-10,19H2,1-2H3. The number of nitrogens with two attached hydrogens (primary N) is 1. The number of rotatable bonds is 1. The highest BCUT2D eigenvalue weighted by molar-refractivity contribution is 5.95. The molecule has 0 aliphatic carbocycles. The minimum absolute atomic E-state index is 0.0970. The summed E-state index contributed by atoms with van der Waals surface area (Å²) in [5.74, 6) is 5.25. The Morgan fingerprint density at radius 1 is 1.48 bits per heavy atom. The molecule has 1 heterocycles. The van der Waals surface area contributed by atoms with Gasteiger partial charge in [-0.05, 0) is 43.9 Å². The second kappa shape index (κ2) is 6.73. The van der Waals surface area contributed by atoms with Crippen LogP contribution in [0, 0.1) is 23.6 Å². The number of piperidine rings is 1.